The molecule has 0 fully saturated rings. The molecule has 0 aliphatic carbocycles. The Labute approximate surface area is 122 Å². The van der Waals surface area contributed by atoms with Crippen LogP contribution in [0.5, 0.6) is 0 Å². The fourth-order valence-corrected chi connectivity index (χ4v) is 2.54. The maximum Gasteiger partial charge on any atom is 0.142 e. The van der Waals surface area contributed by atoms with Crippen molar-refractivity contribution in [3.8, 4) is 11.1 Å². The summed E-state index contributed by atoms with van der Waals surface area (Å²) < 4.78 is 0. The topological polar surface area (TPSA) is 17.1 Å². The van der Waals surface area contributed by atoms with Crippen LogP contribution < -0.4 is 0 Å². The Bertz CT molecular complexity index is 645. The van der Waals surface area contributed by atoms with Crippen molar-refractivity contribution in [1.29, 1.82) is 0 Å². The monoisotopic (exact) mass is 290 g/mol. The summed E-state index contributed by atoms with van der Waals surface area (Å²) in [5, 5.41) is 1.11. The lowest BCUT2D eigenvalue weighted by molar-refractivity contribution is -0.104. The zero-order valence-electron chi connectivity index (χ0n) is 10.4. The van der Waals surface area contributed by atoms with E-state index < -0.39 is 0 Å². The van der Waals surface area contributed by atoms with E-state index in [2.05, 4.69) is 0 Å². The van der Waals surface area contributed by atoms with Crippen molar-refractivity contribution >= 4 is 35.6 Å². The molecule has 19 heavy (non-hydrogen) atoms. The number of hydrogen-bond acceptors (Lipinski definition) is 1. The lowest BCUT2D eigenvalue weighted by Crippen LogP contribution is -1.88. The maximum atomic E-state index is 10.5. The summed E-state index contributed by atoms with van der Waals surface area (Å²) in [7, 11) is 0. The molecule has 0 saturated heterocycles. The number of aldehydes is 1. The fourth-order valence-electron chi connectivity index (χ4n) is 1.99. The number of aryl methyl sites for hydroxylation is 1. The second-order valence-corrected chi connectivity index (χ2v) is 5.00. The largest absolute Gasteiger partial charge is 0.299 e. The molecule has 0 saturated carbocycles. The summed E-state index contributed by atoms with van der Waals surface area (Å²) in [6, 6.07) is 11.5. The highest BCUT2D eigenvalue weighted by Crippen LogP contribution is 2.35. The van der Waals surface area contributed by atoms with Crippen molar-refractivity contribution in [3.05, 3.63) is 63.6 Å². The second-order valence-electron chi connectivity index (χ2n) is 4.16. The first-order valence-corrected chi connectivity index (χ1v) is 6.56. The second kappa shape index (κ2) is 6.05. The van der Waals surface area contributed by atoms with Crippen molar-refractivity contribution in [2.24, 2.45) is 0 Å². The molecular weight excluding hydrogens is 279 g/mol. The normalized spacial score (nSPS) is 10.9. The summed E-state index contributed by atoms with van der Waals surface area (Å²) >= 11 is 12.3. The third kappa shape index (κ3) is 3.06. The predicted molar refractivity (Wildman–Crippen MR) is 81.7 cm³/mol. The number of hydrogen-bond donors (Lipinski definition) is 0. The molecule has 0 bridgehead atoms. The predicted octanol–water partition coefficient (Wildman–Crippen LogP) is 5.18. The summed E-state index contributed by atoms with van der Waals surface area (Å²) in [6.45, 7) is 2.03. The van der Waals surface area contributed by atoms with Gasteiger partial charge in [0.25, 0.3) is 0 Å². The third-order valence-electron chi connectivity index (χ3n) is 2.87. The standard InChI is InChI=1S/C16H12Cl2O/c1-11-5-2-3-6-13(11)15-9-12(17)10-16(18)14(15)7-4-8-19/h2-10H,1H3/b7-4+. The first kappa shape index (κ1) is 13.9. The molecule has 0 N–H and O–H groups in total. The minimum Gasteiger partial charge on any atom is -0.299 e. The minimum atomic E-state index is 0.531. The molecule has 2 rings (SSSR count). The Kier molecular flexibility index (Phi) is 4.41. The van der Waals surface area contributed by atoms with Gasteiger partial charge in [0, 0.05) is 15.6 Å². The average Bonchev–Trinajstić information content (AvgIpc) is 2.37. The number of carbonyl (C=O) groups excluding carboxylic acids is 1. The van der Waals surface area contributed by atoms with Crippen molar-refractivity contribution in [3.63, 3.8) is 0 Å². The van der Waals surface area contributed by atoms with Gasteiger partial charge in [0.05, 0.1) is 0 Å². The van der Waals surface area contributed by atoms with Gasteiger partial charge in [0.1, 0.15) is 6.29 Å². The molecule has 0 aromatic heterocycles. The summed E-state index contributed by atoms with van der Waals surface area (Å²) in [5.41, 5.74) is 3.90. The Morgan fingerprint density at radius 3 is 2.47 bits per heavy atom. The van der Waals surface area contributed by atoms with Gasteiger partial charge in [-0.3, -0.25) is 4.79 Å². The van der Waals surface area contributed by atoms with E-state index in [1.807, 2.05) is 37.3 Å². The van der Waals surface area contributed by atoms with Crippen LogP contribution in [0.1, 0.15) is 11.1 Å². The molecule has 96 valence electrons. The quantitative estimate of drug-likeness (QED) is 0.562. The van der Waals surface area contributed by atoms with Crippen LogP contribution in [-0.4, -0.2) is 6.29 Å². The van der Waals surface area contributed by atoms with Gasteiger partial charge in [0.15, 0.2) is 0 Å². The number of allylic oxidation sites excluding steroid dienone is 1. The Hall–Kier alpha value is -1.57. The Morgan fingerprint density at radius 2 is 1.79 bits per heavy atom. The van der Waals surface area contributed by atoms with Crippen LogP contribution in [0.25, 0.3) is 17.2 Å². The van der Waals surface area contributed by atoms with E-state index in [0.717, 1.165) is 28.5 Å². The average molecular weight is 291 g/mol. The molecule has 0 heterocycles. The molecule has 0 aliphatic rings. The minimum absolute atomic E-state index is 0.531. The molecule has 2 aromatic rings. The first-order valence-electron chi connectivity index (χ1n) is 5.80. The lowest BCUT2D eigenvalue weighted by Gasteiger charge is -2.12. The molecule has 0 amide bonds. The van der Waals surface area contributed by atoms with Gasteiger partial charge < -0.3 is 0 Å². The van der Waals surface area contributed by atoms with E-state index in [1.165, 1.54) is 6.08 Å². The zero-order chi connectivity index (χ0) is 13.8. The molecule has 2 aromatic carbocycles. The first-order chi connectivity index (χ1) is 9.13. The smallest absolute Gasteiger partial charge is 0.142 e. The molecule has 0 atom stereocenters. The van der Waals surface area contributed by atoms with Crippen LogP contribution in [-0.2, 0) is 4.79 Å². The molecule has 0 radical (unpaired) electrons. The summed E-state index contributed by atoms with van der Waals surface area (Å²) in [6.07, 6.45) is 3.86. The van der Waals surface area contributed by atoms with Gasteiger partial charge in [-0.05, 0) is 47.9 Å². The molecule has 3 heteroatoms. The van der Waals surface area contributed by atoms with Gasteiger partial charge in [-0.1, -0.05) is 47.5 Å². The van der Waals surface area contributed by atoms with Crippen molar-refractivity contribution in [2.45, 2.75) is 6.92 Å². The highest BCUT2D eigenvalue weighted by molar-refractivity contribution is 6.36. The highest BCUT2D eigenvalue weighted by Gasteiger charge is 2.10. The lowest BCUT2D eigenvalue weighted by atomic mass is 9.96. The van der Waals surface area contributed by atoms with Crippen LogP contribution in [0.3, 0.4) is 0 Å². The number of halogens is 2. The van der Waals surface area contributed by atoms with Crippen LogP contribution in [0.4, 0.5) is 0 Å². The van der Waals surface area contributed by atoms with Crippen molar-refractivity contribution in [1.82, 2.24) is 0 Å². The van der Waals surface area contributed by atoms with Crippen molar-refractivity contribution in [2.75, 3.05) is 0 Å². The van der Waals surface area contributed by atoms with E-state index in [0.29, 0.717) is 10.0 Å². The zero-order valence-corrected chi connectivity index (χ0v) is 11.9. The summed E-state index contributed by atoms with van der Waals surface area (Å²) in [4.78, 5) is 10.5. The van der Waals surface area contributed by atoms with Gasteiger partial charge in [0.2, 0.25) is 0 Å². The number of carbonyl (C=O) groups is 1. The van der Waals surface area contributed by atoms with Crippen LogP contribution in [0.15, 0.2) is 42.5 Å². The fraction of sp³-hybridized carbons (Fsp3) is 0.0625. The molecule has 1 nitrogen and oxygen atoms in total. The van der Waals surface area contributed by atoms with E-state index in [9.17, 15) is 4.79 Å². The van der Waals surface area contributed by atoms with Crippen LogP contribution >= 0.6 is 23.2 Å². The van der Waals surface area contributed by atoms with Crippen molar-refractivity contribution < 1.29 is 4.79 Å². The van der Waals surface area contributed by atoms with Crippen LogP contribution in [0, 0.1) is 6.92 Å². The van der Waals surface area contributed by atoms with Gasteiger partial charge in [-0.15, -0.1) is 0 Å². The Balaban J connectivity index is 2.71. The van der Waals surface area contributed by atoms with Gasteiger partial charge in [-0.2, -0.15) is 0 Å². The number of benzene rings is 2. The molecule has 0 aliphatic heterocycles. The van der Waals surface area contributed by atoms with E-state index >= 15 is 0 Å². The highest BCUT2D eigenvalue weighted by atomic mass is 35.5. The van der Waals surface area contributed by atoms with E-state index in [-0.39, 0.29) is 0 Å². The molecule has 0 unspecified atom stereocenters. The summed E-state index contributed by atoms with van der Waals surface area (Å²) in [5.74, 6) is 0. The third-order valence-corrected chi connectivity index (χ3v) is 3.40. The van der Waals surface area contributed by atoms with Crippen LogP contribution in [0.2, 0.25) is 10.0 Å². The Morgan fingerprint density at radius 1 is 1.05 bits per heavy atom. The van der Waals surface area contributed by atoms with Gasteiger partial charge in [-0.25, -0.2) is 0 Å². The van der Waals surface area contributed by atoms with E-state index in [4.69, 9.17) is 23.2 Å². The SMILES string of the molecule is Cc1ccccc1-c1cc(Cl)cc(Cl)c1/C=C/C=O. The molecule has 0 spiro atoms. The maximum absolute atomic E-state index is 10.5. The molecular formula is C16H12Cl2O. The number of rotatable bonds is 3. The van der Waals surface area contributed by atoms with E-state index in [1.54, 1.807) is 12.1 Å². The van der Waals surface area contributed by atoms with Gasteiger partial charge >= 0.3 is 0 Å².